The van der Waals surface area contributed by atoms with E-state index in [4.69, 9.17) is 0 Å². The minimum absolute atomic E-state index is 0.00527. The highest BCUT2D eigenvalue weighted by atomic mass is 32.2. The molecule has 0 saturated carbocycles. The van der Waals surface area contributed by atoms with Gasteiger partial charge in [0.1, 0.15) is 12.4 Å². The van der Waals surface area contributed by atoms with Crippen molar-refractivity contribution in [2.24, 2.45) is 0 Å². The second-order valence-corrected chi connectivity index (χ2v) is 6.46. The zero-order chi connectivity index (χ0) is 16.3. The standard InChI is InChI=1S/C13H15FN4O3S/c1-17(2)13(19)9-18-8-11(7-15-18)16-22(20,21)12-5-3-4-10(14)6-12/h3-8,16H,9H2,1-2H3. The van der Waals surface area contributed by atoms with Crippen molar-refractivity contribution in [3.63, 3.8) is 0 Å². The molecule has 0 bridgehead atoms. The quantitative estimate of drug-likeness (QED) is 0.885. The number of hydrogen-bond acceptors (Lipinski definition) is 4. The van der Waals surface area contributed by atoms with Crippen molar-refractivity contribution >= 4 is 21.6 Å². The fraction of sp³-hybridized carbons (Fsp3) is 0.231. The molecule has 118 valence electrons. The van der Waals surface area contributed by atoms with Crippen molar-refractivity contribution in [1.82, 2.24) is 14.7 Å². The zero-order valence-corrected chi connectivity index (χ0v) is 12.8. The number of anilines is 1. The van der Waals surface area contributed by atoms with Crippen molar-refractivity contribution in [2.45, 2.75) is 11.4 Å². The van der Waals surface area contributed by atoms with Gasteiger partial charge in [-0.3, -0.25) is 14.2 Å². The molecular formula is C13H15FN4O3S. The van der Waals surface area contributed by atoms with Crippen LogP contribution in [0.5, 0.6) is 0 Å². The van der Waals surface area contributed by atoms with Crippen LogP contribution in [0, 0.1) is 5.82 Å². The number of sulfonamides is 1. The van der Waals surface area contributed by atoms with E-state index in [9.17, 15) is 17.6 Å². The van der Waals surface area contributed by atoms with Gasteiger partial charge in [-0.15, -0.1) is 0 Å². The van der Waals surface area contributed by atoms with E-state index in [1.165, 1.54) is 34.1 Å². The number of carbonyl (C=O) groups is 1. The SMILES string of the molecule is CN(C)C(=O)Cn1cc(NS(=O)(=O)c2cccc(F)c2)cn1. The van der Waals surface area contributed by atoms with Crippen molar-refractivity contribution in [2.75, 3.05) is 18.8 Å². The summed E-state index contributed by atoms with van der Waals surface area (Å²) in [7, 11) is -0.685. The van der Waals surface area contributed by atoms with Gasteiger partial charge in [-0.2, -0.15) is 5.10 Å². The van der Waals surface area contributed by atoms with Gasteiger partial charge in [-0.25, -0.2) is 12.8 Å². The molecule has 0 atom stereocenters. The Hall–Kier alpha value is -2.42. The van der Waals surface area contributed by atoms with Crippen molar-refractivity contribution in [3.8, 4) is 0 Å². The van der Waals surface area contributed by atoms with E-state index in [1.54, 1.807) is 14.1 Å². The zero-order valence-electron chi connectivity index (χ0n) is 12.0. The molecule has 1 amide bonds. The summed E-state index contributed by atoms with van der Waals surface area (Å²) >= 11 is 0. The summed E-state index contributed by atoms with van der Waals surface area (Å²) in [6, 6.07) is 4.67. The molecule has 0 aliphatic heterocycles. The molecule has 1 aromatic carbocycles. The largest absolute Gasteiger partial charge is 0.347 e. The lowest BCUT2D eigenvalue weighted by molar-refractivity contribution is -0.129. The topological polar surface area (TPSA) is 84.3 Å². The summed E-state index contributed by atoms with van der Waals surface area (Å²) in [6.07, 6.45) is 2.66. The smallest absolute Gasteiger partial charge is 0.262 e. The van der Waals surface area contributed by atoms with Crippen molar-refractivity contribution in [3.05, 3.63) is 42.5 Å². The highest BCUT2D eigenvalue weighted by Gasteiger charge is 2.16. The molecule has 7 nitrogen and oxygen atoms in total. The first kappa shape index (κ1) is 16.0. The van der Waals surface area contributed by atoms with Gasteiger partial charge in [0, 0.05) is 20.3 Å². The molecule has 0 spiro atoms. The number of amides is 1. The van der Waals surface area contributed by atoms with Gasteiger partial charge in [0.05, 0.1) is 16.8 Å². The van der Waals surface area contributed by atoms with Crippen LogP contribution in [0.3, 0.4) is 0 Å². The molecule has 0 saturated heterocycles. The van der Waals surface area contributed by atoms with Crippen molar-refractivity contribution < 1.29 is 17.6 Å². The first-order valence-corrected chi connectivity index (χ1v) is 7.77. The van der Waals surface area contributed by atoms with Crippen LogP contribution in [0.1, 0.15) is 0 Å². The Kier molecular flexibility index (Phi) is 4.45. The highest BCUT2D eigenvalue weighted by Crippen LogP contribution is 2.16. The number of aromatic nitrogens is 2. The molecule has 0 fully saturated rings. The molecule has 22 heavy (non-hydrogen) atoms. The van der Waals surface area contributed by atoms with E-state index in [0.29, 0.717) is 0 Å². The van der Waals surface area contributed by atoms with Crippen LogP contribution in [-0.4, -0.2) is 43.1 Å². The van der Waals surface area contributed by atoms with Crippen LogP contribution >= 0.6 is 0 Å². The lowest BCUT2D eigenvalue weighted by atomic mass is 10.4. The number of halogens is 1. The predicted octanol–water partition coefficient (Wildman–Crippen LogP) is 0.911. The third-order valence-electron chi connectivity index (χ3n) is 2.79. The molecule has 2 rings (SSSR count). The normalized spacial score (nSPS) is 11.2. The van der Waals surface area contributed by atoms with Crippen LogP contribution in [0.25, 0.3) is 0 Å². The van der Waals surface area contributed by atoms with Crippen LogP contribution in [0.15, 0.2) is 41.6 Å². The minimum atomic E-state index is -3.91. The van der Waals surface area contributed by atoms with E-state index in [2.05, 4.69) is 9.82 Å². The molecule has 2 aromatic rings. The van der Waals surface area contributed by atoms with Gasteiger partial charge in [-0.05, 0) is 18.2 Å². The summed E-state index contributed by atoms with van der Waals surface area (Å²) in [5, 5.41) is 3.90. The predicted molar refractivity (Wildman–Crippen MR) is 78.1 cm³/mol. The number of likely N-dealkylation sites (N-methyl/N-ethyl adjacent to an activating group) is 1. The molecule has 1 N–H and O–H groups in total. The number of hydrogen-bond donors (Lipinski definition) is 1. The summed E-state index contributed by atoms with van der Waals surface area (Å²) in [4.78, 5) is 12.8. The Bertz CT molecular complexity index is 786. The van der Waals surface area contributed by atoms with Crippen LogP contribution < -0.4 is 4.72 Å². The third-order valence-corrected chi connectivity index (χ3v) is 4.17. The van der Waals surface area contributed by atoms with Gasteiger partial charge < -0.3 is 4.90 Å². The molecule has 1 aromatic heterocycles. The monoisotopic (exact) mass is 326 g/mol. The van der Waals surface area contributed by atoms with Gasteiger partial charge in [-0.1, -0.05) is 6.07 Å². The first-order valence-electron chi connectivity index (χ1n) is 6.29. The van der Waals surface area contributed by atoms with Gasteiger partial charge in [0.2, 0.25) is 5.91 Å². The molecule has 9 heteroatoms. The fourth-order valence-corrected chi connectivity index (χ4v) is 2.69. The third kappa shape index (κ3) is 3.82. The average molecular weight is 326 g/mol. The van der Waals surface area contributed by atoms with Crippen LogP contribution in [0.2, 0.25) is 0 Å². The molecule has 0 aliphatic rings. The van der Waals surface area contributed by atoms with Crippen LogP contribution in [0.4, 0.5) is 10.1 Å². The van der Waals surface area contributed by atoms with Gasteiger partial charge in [0.15, 0.2) is 0 Å². The molecule has 0 aliphatic carbocycles. The second-order valence-electron chi connectivity index (χ2n) is 4.78. The van der Waals surface area contributed by atoms with E-state index >= 15 is 0 Å². The molecular weight excluding hydrogens is 311 g/mol. The number of nitrogens with zero attached hydrogens (tertiary/aromatic N) is 3. The number of rotatable bonds is 5. The van der Waals surface area contributed by atoms with E-state index in [1.807, 2.05) is 0 Å². The summed E-state index contributed by atoms with van der Waals surface area (Å²) < 4.78 is 40.9. The van der Waals surface area contributed by atoms with Crippen LogP contribution in [-0.2, 0) is 21.4 Å². The Morgan fingerprint density at radius 2 is 2.14 bits per heavy atom. The van der Waals surface area contributed by atoms with Crippen molar-refractivity contribution in [1.29, 1.82) is 0 Å². The maximum absolute atomic E-state index is 13.1. The maximum Gasteiger partial charge on any atom is 0.262 e. The maximum atomic E-state index is 13.1. The molecule has 1 heterocycles. The Morgan fingerprint density at radius 1 is 1.41 bits per heavy atom. The highest BCUT2D eigenvalue weighted by molar-refractivity contribution is 7.92. The number of carbonyl (C=O) groups excluding carboxylic acids is 1. The number of benzene rings is 1. The molecule has 0 unspecified atom stereocenters. The summed E-state index contributed by atoms with van der Waals surface area (Å²) in [6.45, 7) is -0.00527. The Morgan fingerprint density at radius 3 is 2.77 bits per heavy atom. The van der Waals surface area contributed by atoms with E-state index in [0.717, 1.165) is 12.1 Å². The fourth-order valence-electron chi connectivity index (χ4n) is 1.63. The average Bonchev–Trinajstić information content (AvgIpc) is 2.85. The lowest BCUT2D eigenvalue weighted by Gasteiger charge is -2.09. The van der Waals surface area contributed by atoms with E-state index < -0.39 is 15.8 Å². The molecule has 0 radical (unpaired) electrons. The Balaban J connectivity index is 2.14. The van der Waals surface area contributed by atoms with Gasteiger partial charge >= 0.3 is 0 Å². The summed E-state index contributed by atoms with van der Waals surface area (Å²) in [5.74, 6) is -0.821. The lowest BCUT2D eigenvalue weighted by Crippen LogP contribution is -2.26. The second kappa shape index (κ2) is 6.14. The van der Waals surface area contributed by atoms with E-state index in [-0.39, 0.29) is 23.0 Å². The Labute approximate surface area is 127 Å². The number of nitrogens with one attached hydrogen (secondary N) is 1. The first-order chi connectivity index (χ1) is 10.3. The van der Waals surface area contributed by atoms with Gasteiger partial charge in [0.25, 0.3) is 10.0 Å². The summed E-state index contributed by atoms with van der Waals surface area (Å²) in [5.41, 5.74) is 0.191. The minimum Gasteiger partial charge on any atom is -0.347 e.